The number of phenolic OH excluding ortho intramolecular Hbond substituents is 1. The Kier molecular flexibility index (Phi) is 5.29. The number of H-pyrrole nitrogens is 1. The van der Waals surface area contributed by atoms with Crippen molar-refractivity contribution in [3.05, 3.63) is 48.1 Å². The Balaban J connectivity index is 1.42. The van der Waals surface area contributed by atoms with Gasteiger partial charge in [-0.1, -0.05) is 23.5 Å². The standard InChI is InChI=1S/C20H21N7O3S2/c1-25-9-10-26(32(25,29)30)8-7-22-19-21-6-5-16(23-19)18-17(14-3-2-4-15(28)13-14)24-20-27(18)11-12-31-20/h2-6,11-13H,7-10H2,1H3,(H2,21,22,23,28)/p+1. The van der Waals surface area contributed by atoms with E-state index in [9.17, 15) is 13.5 Å². The van der Waals surface area contributed by atoms with Crippen molar-refractivity contribution in [3.8, 4) is 28.4 Å². The maximum absolute atomic E-state index is 12.2. The van der Waals surface area contributed by atoms with E-state index in [2.05, 4.69) is 20.3 Å². The maximum Gasteiger partial charge on any atom is 0.344 e. The van der Waals surface area contributed by atoms with E-state index in [4.69, 9.17) is 0 Å². The van der Waals surface area contributed by atoms with Crippen molar-refractivity contribution in [2.75, 3.05) is 38.5 Å². The van der Waals surface area contributed by atoms with Gasteiger partial charge < -0.3 is 10.4 Å². The van der Waals surface area contributed by atoms with Gasteiger partial charge >= 0.3 is 4.96 Å². The number of aromatic hydroxyl groups is 1. The fourth-order valence-electron chi connectivity index (χ4n) is 3.73. The number of aromatic nitrogens is 4. The number of likely N-dealkylation sites (N-methyl/N-ethyl adjacent to an activating group) is 1. The first-order valence-corrected chi connectivity index (χ1v) is 12.3. The van der Waals surface area contributed by atoms with E-state index in [0.29, 0.717) is 37.8 Å². The van der Waals surface area contributed by atoms with Crippen LogP contribution in [0.5, 0.6) is 5.75 Å². The molecule has 0 saturated carbocycles. The van der Waals surface area contributed by atoms with E-state index in [-0.39, 0.29) is 5.75 Å². The zero-order chi connectivity index (χ0) is 22.3. The summed E-state index contributed by atoms with van der Waals surface area (Å²) in [6.07, 6.45) is 3.63. The van der Waals surface area contributed by atoms with Crippen LogP contribution in [0.1, 0.15) is 0 Å². The number of phenols is 1. The van der Waals surface area contributed by atoms with Crippen LogP contribution < -0.4 is 9.72 Å². The van der Waals surface area contributed by atoms with Gasteiger partial charge in [-0.25, -0.2) is 15.0 Å². The van der Waals surface area contributed by atoms with Crippen LogP contribution in [-0.2, 0) is 10.2 Å². The van der Waals surface area contributed by atoms with Crippen molar-refractivity contribution < 1.29 is 17.9 Å². The van der Waals surface area contributed by atoms with E-state index in [1.165, 1.54) is 8.61 Å². The number of thiazole rings is 1. The largest absolute Gasteiger partial charge is 0.508 e. The summed E-state index contributed by atoms with van der Waals surface area (Å²) in [5.41, 5.74) is 3.22. The average Bonchev–Trinajstić information content (AvgIpc) is 3.43. The van der Waals surface area contributed by atoms with Crippen molar-refractivity contribution in [1.82, 2.24) is 23.6 Å². The molecule has 0 spiro atoms. The van der Waals surface area contributed by atoms with Crippen molar-refractivity contribution in [1.29, 1.82) is 0 Å². The van der Waals surface area contributed by atoms with E-state index >= 15 is 0 Å². The molecule has 0 atom stereocenters. The van der Waals surface area contributed by atoms with Crippen molar-refractivity contribution in [2.24, 2.45) is 0 Å². The molecular formula is C20H22N7O3S2+. The van der Waals surface area contributed by atoms with Crippen LogP contribution >= 0.6 is 11.3 Å². The summed E-state index contributed by atoms with van der Waals surface area (Å²) in [5.74, 6) is 0.600. The normalized spacial score (nSPS) is 16.7. The number of hydrogen-bond donors (Lipinski definition) is 3. The van der Waals surface area contributed by atoms with E-state index < -0.39 is 10.2 Å². The molecule has 1 fully saturated rings. The number of fused-ring (bicyclic) bond motifs is 1. The lowest BCUT2D eigenvalue weighted by molar-refractivity contribution is -0.493. The van der Waals surface area contributed by atoms with Crippen LogP contribution in [0, 0.1) is 0 Å². The molecule has 0 bridgehead atoms. The van der Waals surface area contributed by atoms with Gasteiger partial charge in [0.1, 0.15) is 17.6 Å². The molecule has 1 aliphatic rings. The minimum atomic E-state index is -3.36. The molecule has 32 heavy (non-hydrogen) atoms. The fourth-order valence-corrected chi connectivity index (χ4v) is 5.81. The van der Waals surface area contributed by atoms with Gasteiger partial charge in [0.05, 0.1) is 0 Å². The zero-order valence-electron chi connectivity index (χ0n) is 17.3. The zero-order valence-corrected chi connectivity index (χ0v) is 18.9. The average molecular weight is 473 g/mol. The number of rotatable bonds is 6. The van der Waals surface area contributed by atoms with Crippen molar-refractivity contribution >= 4 is 32.5 Å². The number of anilines is 1. The van der Waals surface area contributed by atoms with Crippen molar-refractivity contribution in [3.63, 3.8) is 0 Å². The number of nitrogens with one attached hydrogen (secondary N) is 2. The third kappa shape index (κ3) is 3.71. The molecule has 3 aromatic heterocycles. The number of nitrogens with zero attached hydrogens (tertiary/aromatic N) is 5. The van der Waals surface area contributed by atoms with Gasteiger partial charge in [0.25, 0.3) is 10.2 Å². The second kappa shape index (κ2) is 8.13. The number of benzene rings is 1. The van der Waals surface area contributed by atoms with E-state index in [1.54, 1.807) is 42.8 Å². The summed E-state index contributed by atoms with van der Waals surface area (Å²) >= 11 is 1.57. The molecule has 0 aliphatic carbocycles. The predicted octanol–water partition coefficient (Wildman–Crippen LogP) is 1.55. The molecule has 10 nitrogen and oxygen atoms in total. The molecular weight excluding hydrogens is 450 g/mol. The topological polar surface area (TPSA) is 119 Å². The van der Waals surface area contributed by atoms with Gasteiger partial charge in [-0.05, 0) is 18.2 Å². The van der Waals surface area contributed by atoms with Gasteiger partial charge in [-0.2, -0.15) is 21.4 Å². The number of hydrogen-bond acceptors (Lipinski definition) is 7. The highest BCUT2D eigenvalue weighted by atomic mass is 32.2. The molecule has 1 aliphatic heterocycles. The minimum Gasteiger partial charge on any atom is -0.508 e. The highest BCUT2D eigenvalue weighted by Crippen LogP contribution is 2.31. The van der Waals surface area contributed by atoms with Crippen LogP contribution in [0.4, 0.5) is 5.95 Å². The Morgan fingerprint density at radius 1 is 1.31 bits per heavy atom. The third-order valence-corrected chi connectivity index (χ3v) is 8.15. The van der Waals surface area contributed by atoms with Gasteiger partial charge in [0, 0.05) is 50.4 Å². The summed E-state index contributed by atoms with van der Waals surface area (Å²) in [7, 11) is -1.78. The lowest BCUT2D eigenvalue weighted by Crippen LogP contribution is -2.34. The first-order valence-electron chi connectivity index (χ1n) is 10.0. The second-order valence-corrected chi connectivity index (χ2v) is 10.3. The van der Waals surface area contributed by atoms with Crippen molar-refractivity contribution in [2.45, 2.75) is 0 Å². The first kappa shape index (κ1) is 20.8. The lowest BCUT2D eigenvalue weighted by atomic mass is 10.1. The third-order valence-electron chi connectivity index (χ3n) is 5.38. The quantitative estimate of drug-likeness (QED) is 0.367. The van der Waals surface area contributed by atoms with Gasteiger partial charge in [-0.15, -0.1) is 0 Å². The van der Waals surface area contributed by atoms with Crippen LogP contribution in [0.15, 0.2) is 48.1 Å². The Bertz CT molecular complexity index is 1380. The van der Waals surface area contributed by atoms with Crippen LogP contribution in [0.25, 0.3) is 27.6 Å². The molecule has 5 rings (SSSR count). The fraction of sp³-hybridized carbons (Fsp3) is 0.250. The van der Waals surface area contributed by atoms with Crippen LogP contribution in [0.2, 0.25) is 0 Å². The lowest BCUT2D eigenvalue weighted by Gasteiger charge is -2.15. The molecule has 0 radical (unpaired) electrons. The maximum atomic E-state index is 12.2. The molecule has 166 valence electrons. The summed E-state index contributed by atoms with van der Waals surface area (Å²) in [4.78, 5) is 13.3. The highest BCUT2D eigenvalue weighted by molar-refractivity contribution is 7.87. The minimum absolute atomic E-state index is 0.184. The van der Waals surface area contributed by atoms with Gasteiger partial charge in [0.15, 0.2) is 5.69 Å². The smallest absolute Gasteiger partial charge is 0.344 e. The second-order valence-electron chi connectivity index (χ2n) is 7.40. The van der Waals surface area contributed by atoms with Crippen LogP contribution in [0.3, 0.4) is 0 Å². The highest BCUT2D eigenvalue weighted by Gasteiger charge is 2.33. The van der Waals surface area contributed by atoms with E-state index in [0.717, 1.165) is 21.9 Å². The SMILES string of the molecule is CN1CCN(CCNc2nccc(-c3c(-c4cccc(O)c4)[nH]c4scc[n+]34)n2)S1(=O)=O. The summed E-state index contributed by atoms with van der Waals surface area (Å²) < 4.78 is 29.2. The molecule has 4 heterocycles. The summed E-state index contributed by atoms with van der Waals surface area (Å²) in [6.45, 7) is 1.70. The Morgan fingerprint density at radius 2 is 2.19 bits per heavy atom. The molecule has 4 aromatic rings. The molecule has 12 heteroatoms. The summed E-state index contributed by atoms with van der Waals surface area (Å²) in [6, 6.07) is 8.88. The monoisotopic (exact) mass is 472 g/mol. The first-order chi connectivity index (χ1) is 15.4. The summed E-state index contributed by atoms with van der Waals surface area (Å²) in [5, 5.41) is 15.1. The predicted molar refractivity (Wildman–Crippen MR) is 122 cm³/mol. The van der Waals surface area contributed by atoms with Crippen LogP contribution in [-0.4, -0.2) is 70.3 Å². The molecule has 1 saturated heterocycles. The number of imidazole rings is 1. The molecule has 1 aromatic carbocycles. The van der Waals surface area contributed by atoms with Gasteiger partial charge in [0.2, 0.25) is 11.6 Å². The van der Waals surface area contributed by atoms with E-state index in [1.807, 2.05) is 28.1 Å². The molecule has 0 amide bonds. The number of aromatic amines is 1. The Labute approximate surface area is 189 Å². The molecule has 0 unspecified atom stereocenters. The van der Waals surface area contributed by atoms with Gasteiger partial charge in [-0.3, -0.25) is 0 Å². The molecule has 3 N–H and O–H groups in total. The Hall–Kier alpha value is -3.06. The Morgan fingerprint density at radius 3 is 2.97 bits per heavy atom.